The molecular weight excluding hydrogens is 230 g/mol. The second-order valence-electron chi connectivity index (χ2n) is 5.00. The molecule has 3 rings (SSSR count). The van der Waals surface area contributed by atoms with Crippen LogP contribution in [0.4, 0.5) is 0 Å². The van der Waals surface area contributed by atoms with Gasteiger partial charge in [-0.15, -0.1) is 0 Å². The van der Waals surface area contributed by atoms with E-state index < -0.39 is 0 Å². The number of carbonyl (C=O) groups is 2. The minimum atomic E-state index is -0.381. The molecule has 2 amide bonds. The standard InChI is InChI=1S/C13H17N3O2/c1-9-12(17)14-6-8-15(9)13(18)11-3-2-7-16(11)10-4-5-10/h2-3,7,9-10H,4-6,8H2,1H3,(H,14,17). The Bertz CT molecular complexity index is 490. The van der Waals surface area contributed by atoms with E-state index in [0.717, 1.165) is 12.8 Å². The van der Waals surface area contributed by atoms with Gasteiger partial charge in [-0.25, -0.2) is 0 Å². The third-order valence-electron chi connectivity index (χ3n) is 3.70. The molecular formula is C13H17N3O2. The molecule has 1 unspecified atom stereocenters. The van der Waals surface area contributed by atoms with Crippen molar-refractivity contribution in [3.05, 3.63) is 24.0 Å². The highest BCUT2D eigenvalue weighted by molar-refractivity contribution is 5.97. The molecule has 5 nitrogen and oxygen atoms in total. The zero-order valence-corrected chi connectivity index (χ0v) is 10.4. The van der Waals surface area contributed by atoms with Gasteiger partial charge >= 0.3 is 0 Å². The fraction of sp³-hybridized carbons (Fsp3) is 0.538. The summed E-state index contributed by atoms with van der Waals surface area (Å²) in [7, 11) is 0. The summed E-state index contributed by atoms with van der Waals surface area (Å²) in [6, 6.07) is 3.85. The van der Waals surface area contributed by atoms with Gasteiger partial charge in [0.05, 0.1) is 0 Å². The van der Waals surface area contributed by atoms with Crippen LogP contribution in [-0.2, 0) is 4.79 Å². The number of nitrogens with zero attached hydrogens (tertiary/aromatic N) is 2. The van der Waals surface area contributed by atoms with E-state index in [4.69, 9.17) is 0 Å². The number of carbonyl (C=O) groups excluding carboxylic acids is 2. The van der Waals surface area contributed by atoms with E-state index in [2.05, 4.69) is 5.32 Å². The third kappa shape index (κ3) is 1.79. The van der Waals surface area contributed by atoms with Crippen LogP contribution in [0.5, 0.6) is 0 Å². The van der Waals surface area contributed by atoms with Crippen molar-refractivity contribution in [1.29, 1.82) is 0 Å². The van der Waals surface area contributed by atoms with E-state index in [9.17, 15) is 9.59 Å². The maximum atomic E-state index is 12.5. The topological polar surface area (TPSA) is 54.3 Å². The summed E-state index contributed by atoms with van der Waals surface area (Å²) in [5.41, 5.74) is 0.707. The SMILES string of the molecule is CC1C(=O)NCCN1C(=O)c1cccn1C1CC1. The highest BCUT2D eigenvalue weighted by atomic mass is 16.2. The molecule has 2 aliphatic rings. The molecule has 5 heteroatoms. The van der Waals surface area contributed by atoms with Crippen molar-refractivity contribution in [3.63, 3.8) is 0 Å². The second-order valence-corrected chi connectivity index (χ2v) is 5.00. The molecule has 1 aromatic heterocycles. The molecule has 1 aliphatic carbocycles. The largest absolute Gasteiger partial charge is 0.353 e. The van der Waals surface area contributed by atoms with Crippen molar-refractivity contribution in [2.24, 2.45) is 0 Å². The van der Waals surface area contributed by atoms with Gasteiger partial charge in [0.25, 0.3) is 5.91 Å². The van der Waals surface area contributed by atoms with E-state index in [1.807, 2.05) is 22.9 Å². The first-order valence-corrected chi connectivity index (χ1v) is 6.44. The number of amides is 2. The van der Waals surface area contributed by atoms with Crippen LogP contribution in [-0.4, -0.2) is 40.4 Å². The number of aromatic nitrogens is 1. The second kappa shape index (κ2) is 4.15. The summed E-state index contributed by atoms with van der Waals surface area (Å²) in [6.07, 6.45) is 4.25. The number of nitrogens with one attached hydrogen (secondary N) is 1. The molecule has 96 valence electrons. The predicted molar refractivity (Wildman–Crippen MR) is 66.2 cm³/mol. The smallest absolute Gasteiger partial charge is 0.271 e. The van der Waals surface area contributed by atoms with E-state index >= 15 is 0 Å². The molecule has 1 saturated carbocycles. The molecule has 1 aliphatic heterocycles. The molecule has 1 N–H and O–H groups in total. The molecule has 0 radical (unpaired) electrons. The van der Waals surface area contributed by atoms with E-state index in [1.165, 1.54) is 0 Å². The first-order chi connectivity index (χ1) is 8.68. The quantitative estimate of drug-likeness (QED) is 0.839. The van der Waals surface area contributed by atoms with Crippen LogP contribution in [0.3, 0.4) is 0 Å². The lowest BCUT2D eigenvalue weighted by atomic mass is 10.2. The monoisotopic (exact) mass is 247 g/mol. The van der Waals surface area contributed by atoms with Crippen molar-refractivity contribution in [3.8, 4) is 0 Å². The van der Waals surface area contributed by atoms with E-state index in [-0.39, 0.29) is 17.9 Å². The van der Waals surface area contributed by atoms with Gasteiger partial charge in [0.1, 0.15) is 11.7 Å². The highest BCUT2D eigenvalue weighted by Crippen LogP contribution is 2.36. The van der Waals surface area contributed by atoms with Crippen LogP contribution in [0, 0.1) is 0 Å². The van der Waals surface area contributed by atoms with Crippen LogP contribution in [0.2, 0.25) is 0 Å². The Morgan fingerprint density at radius 2 is 2.22 bits per heavy atom. The van der Waals surface area contributed by atoms with Gasteiger partial charge in [-0.05, 0) is 31.9 Å². The highest BCUT2D eigenvalue weighted by Gasteiger charge is 2.33. The summed E-state index contributed by atoms with van der Waals surface area (Å²) in [6.45, 7) is 2.90. The number of rotatable bonds is 2. The Morgan fingerprint density at radius 1 is 1.44 bits per heavy atom. The van der Waals surface area contributed by atoms with Gasteiger partial charge in [0, 0.05) is 25.3 Å². The lowest BCUT2D eigenvalue weighted by Gasteiger charge is -2.33. The molecule has 1 aromatic rings. The first kappa shape index (κ1) is 11.3. The van der Waals surface area contributed by atoms with Crippen molar-refractivity contribution in [2.75, 3.05) is 13.1 Å². The van der Waals surface area contributed by atoms with Gasteiger partial charge in [-0.1, -0.05) is 0 Å². The molecule has 0 aromatic carbocycles. The fourth-order valence-electron chi connectivity index (χ4n) is 2.45. The molecule has 0 bridgehead atoms. The molecule has 2 fully saturated rings. The molecule has 1 saturated heterocycles. The Morgan fingerprint density at radius 3 is 2.94 bits per heavy atom. The summed E-state index contributed by atoms with van der Waals surface area (Å²) in [5, 5.41) is 2.77. The Labute approximate surface area is 106 Å². The van der Waals surface area contributed by atoms with Crippen LogP contribution in [0.1, 0.15) is 36.3 Å². The number of hydrogen-bond acceptors (Lipinski definition) is 2. The van der Waals surface area contributed by atoms with Crippen molar-refractivity contribution >= 4 is 11.8 Å². The number of hydrogen-bond donors (Lipinski definition) is 1. The van der Waals surface area contributed by atoms with Crippen molar-refractivity contribution in [2.45, 2.75) is 31.8 Å². The predicted octanol–water partition coefficient (Wildman–Crippen LogP) is 0.783. The summed E-state index contributed by atoms with van der Waals surface area (Å²) in [5.74, 6) is -0.103. The van der Waals surface area contributed by atoms with Gasteiger partial charge in [-0.3, -0.25) is 9.59 Å². The van der Waals surface area contributed by atoms with Crippen LogP contribution in [0.15, 0.2) is 18.3 Å². The Kier molecular flexibility index (Phi) is 2.61. The first-order valence-electron chi connectivity index (χ1n) is 6.44. The maximum Gasteiger partial charge on any atom is 0.271 e. The normalized spacial score (nSPS) is 23.9. The molecule has 2 heterocycles. The third-order valence-corrected chi connectivity index (χ3v) is 3.70. The zero-order chi connectivity index (χ0) is 12.7. The van der Waals surface area contributed by atoms with Crippen LogP contribution in [0.25, 0.3) is 0 Å². The van der Waals surface area contributed by atoms with Gasteiger partial charge in [0.2, 0.25) is 5.91 Å². The van der Waals surface area contributed by atoms with Crippen molar-refractivity contribution in [1.82, 2.24) is 14.8 Å². The van der Waals surface area contributed by atoms with Gasteiger partial charge in [-0.2, -0.15) is 0 Å². The van der Waals surface area contributed by atoms with Crippen LogP contribution < -0.4 is 5.32 Å². The van der Waals surface area contributed by atoms with E-state index in [0.29, 0.717) is 24.8 Å². The summed E-state index contributed by atoms with van der Waals surface area (Å²) >= 11 is 0. The lowest BCUT2D eigenvalue weighted by Crippen LogP contribution is -2.56. The Hall–Kier alpha value is -1.78. The molecule has 1 atom stereocenters. The van der Waals surface area contributed by atoms with Gasteiger partial charge < -0.3 is 14.8 Å². The average molecular weight is 247 g/mol. The minimum Gasteiger partial charge on any atom is -0.353 e. The zero-order valence-electron chi connectivity index (χ0n) is 10.4. The maximum absolute atomic E-state index is 12.5. The average Bonchev–Trinajstić information content (AvgIpc) is 3.09. The van der Waals surface area contributed by atoms with Crippen molar-refractivity contribution < 1.29 is 9.59 Å². The Balaban J connectivity index is 1.84. The van der Waals surface area contributed by atoms with Gasteiger partial charge in [0.15, 0.2) is 0 Å². The molecule has 0 spiro atoms. The number of piperazine rings is 1. The summed E-state index contributed by atoms with van der Waals surface area (Å²) in [4.78, 5) is 25.8. The lowest BCUT2D eigenvalue weighted by molar-refractivity contribution is -0.127. The summed E-state index contributed by atoms with van der Waals surface area (Å²) < 4.78 is 2.04. The van der Waals surface area contributed by atoms with E-state index in [1.54, 1.807) is 11.8 Å². The molecule has 18 heavy (non-hydrogen) atoms. The minimum absolute atomic E-state index is 0.0331. The fourth-order valence-corrected chi connectivity index (χ4v) is 2.45. The van der Waals surface area contributed by atoms with Crippen LogP contribution >= 0.6 is 0 Å².